The van der Waals surface area contributed by atoms with Gasteiger partial charge in [-0.05, 0) is 24.6 Å². The molecule has 0 aliphatic carbocycles. The maximum atomic E-state index is 11.4. The first-order valence-electron chi connectivity index (χ1n) is 5.67. The molecule has 0 spiro atoms. The van der Waals surface area contributed by atoms with Crippen LogP contribution in [0.5, 0.6) is 5.75 Å². The number of amides is 2. The van der Waals surface area contributed by atoms with Gasteiger partial charge in [0, 0.05) is 12.2 Å². The second-order valence-corrected chi connectivity index (χ2v) is 4.16. The highest BCUT2D eigenvalue weighted by molar-refractivity contribution is 6.32. The molecule has 0 atom stereocenters. The monoisotopic (exact) mass is 256 g/mol. The lowest BCUT2D eigenvalue weighted by Crippen LogP contribution is -2.29. The molecule has 0 unspecified atom stereocenters. The molecule has 1 aromatic rings. The fraction of sp³-hybridized carbons (Fsp3) is 0.417. The third-order valence-corrected chi connectivity index (χ3v) is 2.57. The lowest BCUT2D eigenvalue weighted by atomic mass is 10.2. The summed E-state index contributed by atoms with van der Waals surface area (Å²) in [4.78, 5) is 11.4. The van der Waals surface area contributed by atoms with Gasteiger partial charge in [0.05, 0.1) is 5.02 Å². The summed E-state index contributed by atoms with van der Waals surface area (Å²) in [6, 6.07) is 4.27. The minimum atomic E-state index is -0.261. The van der Waals surface area contributed by atoms with E-state index in [1.807, 2.05) is 0 Å². The van der Waals surface area contributed by atoms with Crippen molar-refractivity contribution in [2.45, 2.75) is 26.2 Å². The number of hydrogen-bond donors (Lipinski definition) is 3. The van der Waals surface area contributed by atoms with Crippen LogP contribution in [0.1, 0.15) is 26.2 Å². The number of benzene rings is 1. The minimum Gasteiger partial charge on any atom is -0.506 e. The van der Waals surface area contributed by atoms with Crippen LogP contribution < -0.4 is 10.6 Å². The molecule has 17 heavy (non-hydrogen) atoms. The number of unbranched alkanes of at least 4 members (excludes halogenated alkanes) is 2. The molecule has 0 aliphatic rings. The average molecular weight is 257 g/mol. The van der Waals surface area contributed by atoms with E-state index >= 15 is 0 Å². The van der Waals surface area contributed by atoms with Crippen molar-refractivity contribution < 1.29 is 9.90 Å². The minimum absolute atomic E-state index is 0.000528. The molecule has 0 fully saturated rings. The number of phenols is 1. The third-order valence-electron chi connectivity index (χ3n) is 2.27. The predicted octanol–water partition coefficient (Wildman–Crippen LogP) is 3.36. The Morgan fingerprint density at radius 1 is 1.41 bits per heavy atom. The Balaban J connectivity index is 2.37. The second-order valence-electron chi connectivity index (χ2n) is 3.75. The summed E-state index contributed by atoms with van der Waals surface area (Å²) in [5, 5.41) is 14.8. The van der Waals surface area contributed by atoms with Crippen molar-refractivity contribution in [2.75, 3.05) is 11.9 Å². The first-order chi connectivity index (χ1) is 8.13. The fourth-order valence-electron chi connectivity index (χ4n) is 1.34. The molecule has 0 heterocycles. The van der Waals surface area contributed by atoms with E-state index in [2.05, 4.69) is 17.6 Å². The zero-order chi connectivity index (χ0) is 12.7. The van der Waals surface area contributed by atoms with Gasteiger partial charge in [0.15, 0.2) is 0 Å². The molecular weight excluding hydrogens is 240 g/mol. The van der Waals surface area contributed by atoms with Crippen LogP contribution in [0.25, 0.3) is 0 Å². The van der Waals surface area contributed by atoms with E-state index < -0.39 is 0 Å². The van der Waals surface area contributed by atoms with Gasteiger partial charge in [0.2, 0.25) is 0 Å². The van der Waals surface area contributed by atoms with Gasteiger partial charge in [0.25, 0.3) is 0 Å². The number of carbonyl (C=O) groups excluding carboxylic acids is 1. The number of carbonyl (C=O) groups is 1. The Kier molecular flexibility index (Phi) is 5.63. The van der Waals surface area contributed by atoms with Crippen LogP contribution in [-0.4, -0.2) is 17.7 Å². The summed E-state index contributed by atoms with van der Waals surface area (Å²) in [5.41, 5.74) is 0.556. The lowest BCUT2D eigenvalue weighted by Gasteiger charge is -2.08. The predicted molar refractivity (Wildman–Crippen MR) is 69.7 cm³/mol. The van der Waals surface area contributed by atoms with Gasteiger partial charge in [-0.2, -0.15) is 0 Å². The lowest BCUT2D eigenvalue weighted by molar-refractivity contribution is 0.252. The van der Waals surface area contributed by atoms with Crippen LogP contribution in [0.2, 0.25) is 5.02 Å². The Bertz CT molecular complexity index is 383. The molecule has 3 N–H and O–H groups in total. The largest absolute Gasteiger partial charge is 0.506 e. The smallest absolute Gasteiger partial charge is 0.319 e. The van der Waals surface area contributed by atoms with Crippen molar-refractivity contribution in [1.29, 1.82) is 0 Å². The fourth-order valence-corrected chi connectivity index (χ4v) is 1.52. The number of anilines is 1. The summed E-state index contributed by atoms with van der Waals surface area (Å²) in [6.07, 6.45) is 3.20. The molecule has 0 aromatic heterocycles. The summed E-state index contributed by atoms with van der Waals surface area (Å²) in [7, 11) is 0. The number of urea groups is 1. The SMILES string of the molecule is CCCCCNC(=O)Nc1ccc(O)c(Cl)c1. The highest BCUT2D eigenvalue weighted by Crippen LogP contribution is 2.25. The van der Waals surface area contributed by atoms with Crippen LogP contribution >= 0.6 is 11.6 Å². The molecule has 0 saturated carbocycles. The van der Waals surface area contributed by atoms with Crippen molar-refractivity contribution in [3.05, 3.63) is 23.2 Å². The molecule has 4 nitrogen and oxygen atoms in total. The molecule has 94 valence electrons. The van der Waals surface area contributed by atoms with Crippen LogP contribution in [0.4, 0.5) is 10.5 Å². The summed E-state index contributed by atoms with van der Waals surface area (Å²) in [5.74, 6) is 0.000528. The molecule has 1 rings (SSSR count). The first-order valence-corrected chi connectivity index (χ1v) is 6.04. The highest BCUT2D eigenvalue weighted by atomic mass is 35.5. The van der Waals surface area contributed by atoms with Crippen molar-refractivity contribution in [2.24, 2.45) is 0 Å². The van der Waals surface area contributed by atoms with Crippen molar-refractivity contribution >= 4 is 23.3 Å². The van der Waals surface area contributed by atoms with E-state index in [1.54, 1.807) is 6.07 Å². The number of halogens is 1. The van der Waals surface area contributed by atoms with E-state index in [1.165, 1.54) is 12.1 Å². The number of hydrogen-bond acceptors (Lipinski definition) is 2. The second kappa shape index (κ2) is 7.01. The van der Waals surface area contributed by atoms with Crippen LogP contribution in [0.15, 0.2) is 18.2 Å². The van der Waals surface area contributed by atoms with Crippen LogP contribution in [0.3, 0.4) is 0 Å². The van der Waals surface area contributed by atoms with E-state index in [9.17, 15) is 9.90 Å². The Morgan fingerprint density at radius 3 is 2.82 bits per heavy atom. The molecule has 2 amide bonds. The molecular formula is C12H17ClN2O2. The Labute approximate surface area is 106 Å². The van der Waals surface area contributed by atoms with Crippen LogP contribution in [0, 0.1) is 0 Å². The zero-order valence-corrected chi connectivity index (χ0v) is 10.5. The number of aromatic hydroxyl groups is 1. The molecule has 0 aliphatic heterocycles. The Morgan fingerprint density at radius 2 is 2.18 bits per heavy atom. The topological polar surface area (TPSA) is 61.4 Å². The van der Waals surface area contributed by atoms with Gasteiger partial charge in [-0.25, -0.2) is 4.79 Å². The summed E-state index contributed by atoms with van der Waals surface area (Å²) < 4.78 is 0. The Hall–Kier alpha value is -1.42. The number of phenolic OH excluding ortho intramolecular Hbond substituents is 1. The van der Waals surface area contributed by atoms with Gasteiger partial charge >= 0.3 is 6.03 Å². The quantitative estimate of drug-likeness (QED) is 0.559. The maximum absolute atomic E-state index is 11.4. The van der Waals surface area contributed by atoms with Crippen molar-refractivity contribution in [3.63, 3.8) is 0 Å². The van der Waals surface area contributed by atoms with Crippen molar-refractivity contribution in [3.8, 4) is 5.75 Å². The molecule has 1 aromatic carbocycles. The van der Waals surface area contributed by atoms with Gasteiger partial charge in [0.1, 0.15) is 5.75 Å². The van der Waals surface area contributed by atoms with Gasteiger partial charge in [-0.3, -0.25) is 0 Å². The zero-order valence-electron chi connectivity index (χ0n) is 9.79. The van der Waals surface area contributed by atoms with Gasteiger partial charge in [-0.15, -0.1) is 0 Å². The van der Waals surface area contributed by atoms with Gasteiger partial charge in [-0.1, -0.05) is 31.4 Å². The molecule has 0 saturated heterocycles. The maximum Gasteiger partial charge on any atom is 0.319 e. The first kappa shape index (κ1) is 13.6. The standard InChI is InChI=1S/C12H17ClN2O2/c1-2-3-4-7-14-12(17)15-9-5-6-11(16)10(13)8-9/h5-6,8,16H,2-4,7H2,1H3,(H2,14,15,17). The normalized spacial score (nSPS) is 10.0. The third kappa shape index (κ3) is 4.95. The van der Waals surface area contributed by atoms with E-state index in [4.69, 9.17) is 11.6 Å². The van der Waals surface area contributed by atoms with E-state index in [0.29, 0.717) is 12.2 Å². The molecule has 0 radical (unpaired) electrons. The molecule has 0 bridgehead atoms. The number of nitrogens with one attached hydrogen (secondary N) is 2. The van der Waals surface area contributed by atoms with E-state index in [0.717, 1.165) is 19.3 Å². The van der Waals surface area contributed by atoms with Gasteiger partial charge < -0.3 is 15.7 Å². The highest BCUT2D eigenvalue weighted by Gasteiger charge is 2.03. The average Bonchev–Trinajstić information content (AvgIpc) is 2.30. The summed E-state index contributed by atoms with van der Waals surface area (Å²) >= 11 is 5.72. The molecule has 5 heteroatoms. The van der Waals surface area contributed by atoms with Crippen molar-refractivity contribution in [1.82, 2.24) is 5.32 Å². The summed E-state index contributed by atoms with van der Waals surface area (Å²) in [6.45, 7) is 2.77. The van der Waals surface area contributed by atoms with Crippen LogP contribution in [-0.2, 0) is 0 Å². The van der Waals surface area contributed by atoms with E-state index in [-0.39, 0.29) is 16.8 Å². The number of rotatable bonds is 5.